The molecule has 0 unspecified atom stereocenters. The van der Waals surface area contributed by atoms with Gasteiger partial charge in [0.15, 0.2) is 10.9 Å². The number of rotatable bonds is 5. The third-order valence-electron chi connectivity index (χ3n) is 5.16. The number of hydrogen-bond donors (Lipinski definition) is 2. The summed E-state index contributed by atoms with van der Waals surface area (Å²) in [6.45, 7) is 7.34. The van der Waals surface area contributed by atoms with Gasteiger partial charge in [-0.3, -0.25) is 0 Å². The van der Waals surface area contributed by atoms with E-state index in [0.29, 0.717) is 16.8 Å². The molecule has 0 radical (unpaired) electrons. The summed E-state index contributed by atoms with van der Waals surface area (Å²) in [7, 11) is 0. The Morgan fingerprint density at radius 3 is 2.41 bits per heavy atom. The molecule has 0 spiro atoms. The highest BCUT2D eigenvalue weighted by atomic mass is 32.1. The zero-order valence-electron chi connectivity index (χ0n) is 19.1. The Labute approximate surface area is 203 Å². The standard InChI is InChI=1S/C23H26N6OS.CO2/c1-3-19-16(2)22(29-11-13-30-14-12-29)28-21(26-19)17-9-10-20(24-15-17)27-23(31)25-18-7-5-4-6-8-18;2-1-3/h4-10,15H,3,11-14H2,1-2H3,(H2,24,25,27,31);. The molecule has 0 aliphatic carbocycles. The first-order chi connectivity index (χ1) is 16.5. The molecule has 0 saturated carbocycles. The molecule has 2 N–H and O–H groups in total. The molecular weight excluding hydrogens is 452 g/mol. The first kappa shape index (κ1) is 24.9. The summed E-state index contributed by atoms with van der Waals surface area (Å²) in [6.07, 6.45) is 2.88. The van der Waals surface area contributed by atoms with E-state index in [1.165, 1.54) is 0 Å². The van der Waals surface area contributed by atoms with Crippen molar-refractivity contribution in [3.05, 3.63) is 59.9 Å². The number of aromatic nitrogens is 3. The van der Waals surface area contributed by atoms with Crippen molar-refractivity contribution in [2.75, 3.05) is 41.8 Å². The van der Waals surface area contributed by atoms with Crippen LogP contribution in [-0.2, 0) is 20.7 Å². The summed E-state index contributed by atoms with van der Waals surface area (Å²) < 4.78 is 5.50. The average molecular weight is 479 g/mol. The topological polar surface area (TPSA) is 109 Å². The monoisotopic (exact) mass is 478 g/mol. The first-order valence-corrected chi connectivity index (χ1v) is 11.3. The Hall–Kier alpha value is -3.72. The van der Waals surface area contributed by atoms with Crippen molar-refractivity contribution in [2.24, 2.45) is 0 Å². The van der Waals surface area contributed by atoms with E-state index in [2.05, 4.69) is 34.4 Å². The van der Waals surface area contributed by atoms with Crippen molar-refractivity contribution in [3.8, 4) is 11.4 Å². The molecule has 10 heteroatoms. The van der Waals surface area contributed by atoms with Gasteiger partial charge in [0.05, 0.1) is 13.2 Å². The van der Waals surface area contributed by atoms with Gasteiger partial charge in [0, 0.05) is 41.8 Å². The van der Waals surface area contributed by atoms with Gasteiger partial charge in [0.25, 0.3) is 0 Å². The molecule has 3 heterocycles. The fourth-order valence-corrected chi connectivity index (χ4v) is 3.73. The lowest BCUT2D eigenvalue weighted by Crippen LogP contribution is -2.37. The Balaban J connectivity index is 0.00000103. The number of ether oxygens (including phenoxy) is 1. The number of thiocarbonyl (C=S) groups is 1. The summed E-state index contributed by atoms with van der Waals surface area (Å²) in [4.78, 5) is 32.7. The molecule has 0 amide bonds. The van der Waals surface area contributed by atoms with Crippen molar-refractivity contribution in [1.82, 2.24) is 15.0 Å². The number of nitrogens with one attached hydrogen (secondary N) is 2. The van der Waals surface area contributed by atoms with Crippen molar-refractivity contribution in [2.45, 2.75) is 20.3 Å². The maximum atomic E-state index is 8.12. The average Bonchev–Trinajstić information content (AvgIpc) is 2.86. The molecule has 0 bridgehead atoms. The van der Waals surface area contributed by atoms with Crippen LogP contribution >= 0.6 is 12.2 Å². The van der Waals surface area contributed by atoms with Crippen LogP contribution in [0.5, 0.6) is 0 Å². The Morgan fingerprint density at radius 2 is 1.79 bits per heavy atom. The Kier molecular flexibility index (Phi) is 9.16. The van der Waals surface area contributed by atoms with Gasteiger partial charge < -0.3 is 20.3 Å². The molecular formula is C24H26N6O3S. The molecule has 2 aromatic heterocycles. The van der Waals surface area contributed by atoms with E-state index in [-0.39, 0.29) is 6.15 Å². The van der Waals surface area contributed by atoms with Gasteiger partial charge in [-0.2, -0.15) is 9.59 Å². The fourth-order valence-electron chi connectivity index (χ4n) is 3.51. The van der Waals surface area contributed by atoms with Gasteiger partial charge >= 0.3 is 6.15 Å². The predicted molar refractivity (Wildman–Crippen MR) is 134 cm³/mol. The lowest BCUT2D eigenvalue weighted by Gasteiger charge is -2.29. The SMILES string of the molecule is CCc1nc(-c2ccc(NC(=S)Nc3ccccc3)nc2)nc(N2CCOCC2)c1C.O=C=O. The summed E-state index contributed by atoms with van der Waals surface area (Å²) in [5, 5.41) is 6.74. The van der Waals surface area contributed by atoms with E-state index >= 15 is 0 Å². The molecule has 4 rings (SSSR count). The minimum atomic E-state index is 0.250. The Bertz CT molecular complexity index is 1130. The van der Waals surface area contributed by atoms with Gasteiger partial charge in [-0.1, -0.05) is 25.1 Å². The Morgan fingerprint density at radius 1 is 1.09 bits per heavy atom. The predicted octanol–water partition coefficient (Wildman–Crippen LogP) is 3.47. The second-order valence-corrected chi connectivity index (χ2v) is 7.76. The second kappa shape index (κ2) is 12.5. The third kappa shape index (κ3) is 6.64. The molecule has 1 fully saturated rings. The summed E-state index contributed by atoms with van der Waals surface area (Å²) >= 11 is 5.38. The van der Waals surface area contributed by atoms with Crippen LogP contribution in [0.25, 0.3) is 11.4 Å². The molecule has 1 aromatic carbocycles. The van der Waals surface area contributed by atoms with Crippen LogP contribution in [0.2, 0.25) is 0 Å². The van der Waals surface area contributed by atoms with E-state index in [1.807, 2.05) is 42.5 Å². The molecule has 3 aromatic rings. The third-order valence-corrected chi connectivity index (χ3v) is 5.37. The highest BCUT2D eigenvalue weighted by Crippen LogP contribution is 2.26. The molecule has 0 atom stereocenters. The van der Waals surface area contributed by atoms with Crippen LogP contribution in [0.1, 0.15) is 18.2 Å². The maximum absolute atomic E-state index is 8.12. The maximum Gasteiger partial charge on any atom is 0.373 e. The summed E-state index contributed by atoms with van der Waals surface area (Å²) in [5.74, 6) is 2.34. The number of nitrogens with zero attached hydrogens (tertiary/aromatic N) is 4. The fraction of sp³-hybridized carbons (Fsp3) is 0.292. The molecule has 1 saturated heterocycles. The first-order valence-electron chi connectivity index (χ1n) is 10.8. The van der Waals surface area contributed by atoms with E-state index in [9.17, 15) is 0 Å². The van der Waals surface area contributed by atoms with Gasteiger partial charge in [-0.15, -0.1) is 0 Å². The number of para-hydroxylation sites is 1. The number of pyridine rings is 1. The molecule has 9 nitrogen and oxygen atoms in total. The van der Waals surface area contributed by atoms with Crippen molar-refractivity contribution in [3.63, 3.8) is 0 Å². The quantitative estimate of drug-likeness (QED) is 0.529. The van der Waals surface area contributed by atoms with E-state index in [4.69, 9.17) is 36.5 Å². The number of morpholine rings is 1. The largest absolute Gasteiger partial charge is 0.378 e. The highest BCUT2D eigenvalue weighted by molar-refractivity contribution is 7.80. The van der Waals surface area contributed by atoms with E-state index in [1.54, 1.807) is 6.20 Å². The number of anilines is 3. The second-order valence-electron chi connectivity index (χ2n) is 7.36. The van der Waals surface area contributed by atoms with Crippen LogP contribution in [0.4, 0.5) is 17.3 Å². The van der Waals surface area contributed by atoms with Crippen LogP contribution in [0, 0.1) is 6.92 Å². The summed E-state index contributed by atoms with van der Waals surface area (Å²) in [5.41, 5.74) is 3.99. The van der Waals surface area contributed by atoms with Crippen LogP contribution in [-0.4, -0.2) is 52.5 Å². The minimum Gasteiger partial charge on any atom is -0.378 e. The van der Waals surface area contributed by atoms with E-state index in [0.717, 1.165) is 61.1 Å². The van der Waals surface area contributed by atoms with Crippen molar-refractivity contribution >= 4 is 40.8 Å². The molecule has 176 valence electrons. The minimum absolute atomic E-state index is 0.250. The zero-order chi connectivity index (χ0) is 24.3. The van der Waals surface area contributed by atoms with Gasteiger partial charge in [-0.05, 0) is 49.8 Å². The lowest BCUT2D eigenvalue weighted by atomic mass is 10.1. The van der Waals surface area contributed by atoms with Crippen LogP contribution in [0.3, 0.4) is 0 Å². The van der Waals surface area contributed by atoms with Crippen molar-refractivity contribution < 1.29 is 14.3 Å². The van der Waals surface area contributed by atoms with Gasteiger partial charge in [0.1, 0.15) is 11.6 Å². The van der Waals surface area contributed by atoms with Gasteiger partial charge in [0.2, 0.25) is 0 Å². The van der Waals surface area contributed by atoms with Crippen LogP contribution < -0.4 is 15.5 Å². The smallest absolute Gasteiger partial charge is 0.373 e. The van der Waals surface area contributed by atoms with Crippen LogP contribution in [0.15, 0.2) is 48.7 Å². The number of benzene rings is 1. The number of carbonyl (C=O) groups excluding carboxylic acids is 2. The molecule has 34 heavy (non-hydrogen) atoms. The normalized spacial score (nSPS) is 12.7. The molecule has 1 aliphatic rings. The van der Waals surface area contributed by atoms with Gasteiger partial charge in [-0.25, -0.2) is 15.0 Å². The van der Waals surface area contributed by atoms with E-state index < -0.39 is 0 Å². The number of aryl methyl sites for hydroxylation is 1. The molecule has 1 aliphatic heterocycles. The number of hydrogen-bond acceptors (Lipinski definition) is 8. The summed E-state index contributed by atoms with van der Waals surface area (Å²) in [6, 6.07) is 13.6. The zero-order valence-corrected chi connectivity index (χ0v) is 19.9. The highest BCUT2D eigenvalue weighted by Gasteiger charge is 2.19. The lowest BCUT2D eigenvalue weighted by molar-refractivity contribution is -0.191. The van der Waals surface area contributed by atoms with Crippen molar-refractivity contribution in [1.29, 1.82) is 0 Å².